The summed E-state index contributed by atoms with van der Waals surface area (Å²) in [7, 11) is 4.55. The SMILES string of the molecule is CNC(=O)C(C(=O)NO)N(C)C(=O)c1ccc(C#Cc2ccc(CN3CCC4(CC3)CCN(C)C4=O)cc2)cc1. The van der Waals surface area contributed by atoms with Gasteiger partial charge in [0.25, 0.3) is 17.7 Å². The van der Waals surface area contributed by atoms with Gasteiger partial charge in [-0.2, -0.15) is 0 Å². The van der Waals surface area contributed by atoms with E-state index in [4.69, 9.17) is 5.21 Å². The van der Waals surface area contributed by atoms with Gasteiger partial charge in [-0.25, -0.2) is 5.48 Å². The molecule has 0 radical (unpaired) electrons. The molecular formula is C30H35N5O5. The van der Waals surface area contributed by atoms with E-state index in [1.54, 1.807) is 24.3 Å². The molecule has 0 bridgehead atoms. The van der Waals surface area contributed by atoms with Crippen molar-refractivity contribution >= 4 is 23.6 Å². The first-order chi connectivity index (χ1) is 19.2. The topological polar surface area (TPSA) is 122 Å². The summed E-state index contributed by atoms with van der Waals surface area (Å²) in [6.45, 7) is 3.57. The number of likely N-dealkylation sites (N-methyl/N-ethyl adjacent to an activating group) is 2. The van der Waals surface area contributed by atoms with Gasteiger partial charge in [0.1, 0.15) is 0 Å². The monoisotopic (exact) mass is 545 g/mol. The number of likely N-dealkylation sites (tertiary alicyclic amines) is 2. The van der Waals surface area contributed by atoms with Gasteiger partial charge in [-0.05, 0) is 74.3 Å². The van der Waals surface area contributed by atoms with E-state index >= 15 is 0 Å². The smallest absolute Gasteiger partial charge is 0.275 e. The molecule has 40 heavy (non-hydrogen) atoms. The fourth-order valence-corrected chi connectivity index (χ4v) is 5.38. The van der Waals surface area contributed by atoms with Crippen LogP contribution < -0.4 is 10.8 Å². The van der Waals surface area contributed by atoms with Crippen LogP contribution in [0.5, 0.6) is 0 Å². The van der Waals surface area contributed by atoms with E-state index in [9.17, 15) is 19.2 Å². The van der Waals surface area contributed by atoms with Crippen LogP contribution >= 0.6 is 0 Å². The van der Waals surface area contributed by atoms with Crippen LogP contribution in [0.4, 0.5) is 0 Å². The van der Waals surface area contributed by atoms with Gasteiger partial charge in [0.05, 0.1) is 5.41 Å². The highest BCUT2D eigenvalue weighted by Gasteiger charge is 2.46. The van der Waals surface area contributed by atoms with E-state index in [2.05, 4.69) is 34.2 Å². The second kappa shape index (κ2) is 12.3. The Balaban J connectivity index is 1.33. The van der Waals surface area contributed by atoms with Crippen molar-refractivity contribution < 1.29 is 24.4 Å². The van der Waals surface area contributed by atoms with Crippen LogP contribution in [0.3, 0.4) is 0 Å². The lowest BCUT2D eigenvalue weighted by atomic mass is 9.77. The normalized spacial score (nSPS) is 17.1. The second-order valence-electron chi connectivity index (χ2n) is 10.5. The summed E-state index contributed by atoms with van der Waals surface area (Å²) in [5, 5.41) is 11.2. The average molecular weight is 546 g/mol. The van der Waals surface area contributed by atoms with Crippen molar-refractivity contribution in [1.29, 1.82) is 0 Å². The molecule has 1 spiro atoms. The predicted octanol–water partition coefficient (Wildman–Crippen LogP) is 1.22. The van der Waals surface area contributed by atoms with Crippen LogP contribution in [-0.2, 0) is 20.9 Å². The number of hydrogen-bond donors (Lipinski definition) is 3. The summed E-state index contributed by atoms with van der Waals surface area (Å²) < 4.78 is 0. The van der Waals surface area contributed by atoms with Gasteiger partial charge >= 0.3 is 0 Å². The van der Waals surface area contributed by atoms with E-state index in [1.807, 2.05) is 24.1 Å². The number of nitrogens with zero attached hydrogens (tertiary/aromatic N) is 3. The number of amides is 4. The first-order valence-electron chi connectivity index (χ1n) is 13.3. The van der Waals surface area contributed by atoms with Crippen LogP contribution in [0.15, 0.2) is 48.5 Å². The molecule has 4 amide bonds. The van der Waals surface area contributed by atoms with Gasteiger partial charge in [0.2, 0.25) is 5.91 Å². The Hall–Kier alpha value is -4.20. The number of hydroxylamine groups is 1. The maximum Gasteiger partial charge on any atom is 0.275 e. The van der Waals surface area contributed by atoms with Gasteiger partial charge in [0, 0.05) is 50.9 Å². The molecule has 10 heteroatoms. The van der Waals surface area contributed by atoms with Crippen LogP contribution in [-0.4, -0.2) is 90.4 Å². The van der Waals surface area contributed by atoms with E-state index in [0.717, 1.165) is 55.9 Å². The molecule has 210 valence electrons. The number of piperidine rings is 1. The molecule has 2 fully saturated rings. The standard InChI is InChI=1S/C30H35N5O5/c1-31-26(36)25(27(37)32-40)34(3)28(38)24-12-10-22(11-13-24)5-4-21-6-8-23(9-7-21)20-35-18-15-30(16-19-35)14-17-33(2)29(30)39/h6-13,25,40H,14-20H2,1-3H3,(H,31,36)(H,32,37). The lowest BCUT2D eigenvalue weighted by Gasteiger charge is -2.37. The van der Waals surface area contributed by atoms with Crippen molar-refractivity contribution in [2.24, 2.45) is 5.41 Å². The van der Waals surface area contributed by atoms with Crippen LogP contribution in [0.2, 0.25) is 0 Å². The fraction of sp³-hybridized carbons (Fsp3) is 0.400. The minimum absolute atomic E-state index is 0.142. The van der Waals surface area contributed by atoms with Crippen molar-refractivity contribution in [2.75, 3.05) is 40.8 Å². The Morgan fingerprint density at radius 3 is 2.00 bits per heavy atom. The zero-order valence-corrected chi connectivity index (χ0v) is 23.1. The van der Waals surface area contributed by atoms with Crippen molar-refractivity contribution in [3.8, 4) is 11.8 Å². The number of hydrogen-bond acceptors (Lipinski definition) is 6. The number of carbonyl (C=O) groups excluding carboxylic acids is 4. The Morgan fingerprint density at radius 1 is 0.950 bits per heavy atom. The summed E-state index contributed by atoms with van der Waals surface area (Å²) in [5.41, 5.74) is 4.31. The highest BCUT2D eigenvalue weighted by Crippen LogP contribution is 2.41. The first-order valence-corrected chi connectivity index (χ1v) is 13.3. The summed E-state index contributed by atoms with van der Waals surface area (Å²) in [6.07, 6.45) is 2.82. The van der Waals surface area contributed by atoms with Gasteiger partial charge in [0.15, 0.2) is 6.04 Å². The molecule has 0 aliphatic carbocycles. The number of rotatable bonds is 6. The molecule has 2 heterocycles. The summed E-state index contributed by atoms with van der Waals surface area (Å²) >= 11 is 0. The quantitative estimate of drug-likeness (QED) is 0.217. The molecule has 2 aliphatic heterocycles. The van der Waals surface area contributed by atoms with Gasteiger partial charge in [-0.15, -0.1) is 0 Å². The van der Waals surface area contributed by atoms with E-state index < -0.39 is 23.8 Å². The van der Waals surface area contributed by atoms with E-state index in [0.29, 0.717) is 11.5 Å². The average Bonchev–Trinajstić information content (AvgIpc) is 3.26. The Morgan fingerprint density at radius 2 is 1.50 bits per heavy atom. The largest absolute Gasteiger partial charge is 0.357 e. The van der Waals surface area contributed by atoms with Crippen molar-refractivity contribution in [2.45, 2.75) is 31.8 Å². The molecule has 4 rings (SSSR count). The molecule has 3 N–H and O–H groups in total. The molecule has 10 nitrogen and oxygen atoms in total. The minimum atomic E-state index is -1.52. The second-order valence-corrected chi connectivity index (χ2v) is 10.5. The third-order valence-corrected chi connectivity index (χ3v) is 7.94. The summed E-state index contributed by atoms with van der Waals surface area (Å²) in [5.74, 6) is 4.23. The molecule has 0 aromatic heterocycles. The Labute approximate surface area is 234 Å². The maximum atomic E-state index is 12.8. The number of benzene rings is 2. The van der Waals surface area contributed by atoms with Crippen LogP contribution in [0.25, 0.3) is 0 Å². The highest BCUT2D eigenvalue weighted by molar-refractivity contribution is 6.08. The first kappa shape index (κ1) is 28.8. The molecule has 2 aromatic carbocycles. The van der Waals surface area contributed by atoms with Crippen molar-refractivity contribution in [3.63, 3.8) is 0 Å². The molecule has 2 saturated heterocycles. The molecule has 2 aromatic rings. The molecular weight excluding hydrogens is 510 g/mol. The van der Waals surface area contributed by atoms with E-state index in [1.165, 1.54) is 25.1 Å². The van der Waals surface area contributed by atoms with Crippen LogP contribution in [0.1, 0.15) is 46.3 Å². The van der Waals surface area contributed by atoms with Crippen LogP contribution in [0, 0.1) is 17.3 Å². The third kappa shape index (κ3) is 6.17. The lowest BCUT2D eigenvalue weighted by Crippen LogP contribution is -2.54. The van der Waals surface area contributed by atoms with Gasteiger partial charge in [-0.1, -0.05) is 24.0 Å². The van der Waals surface area contributed by atoms with Crippen molar-refractivity contribution in [1.82, 2.24) is 25.5 Å². The summed E-state index contributed by atoms with van der Waals surface area (Å²) in [4.78, 5) is 54.6. The third-order valence-electron chi connectivity index (χ3n) is 7.94. The molecule has 1 atom stereocenters. The Bertz CT molecular complexity index is 1300. The molecule has 1 unspecified atom stereocenters. The van der Waals surface area contributed by atoms with E-state index in [-0.39, 0.29) is 11.0 Å². The predicted molar refractivity (Wildman–Crippen MR) is 148 cm³/mol. The van der Waals surface area contributed by atoms with Gasteiger partial charge in [-0.3, -0.25) is 29.3 Å². The zero-order chi connectivity index (χ0) is 28.9. The minimum Gasteiger partial charge on any atom is -0.357 e. The zero-order valence-electron chi connectivity index (χ0n) is 23.1. The molecule has 0 saturated carbocycles. The summed E-state index contributed by atoms with van der Waals surface area (Å²) in [6, 6.07) is 13.1. The Kier molecular flexibility index (Phi) is 8.87. The van der Waals surface area contributed by atoms with Gasteiger partial charge < -0.3 is 15.1 Å². The number of nitrogens with one attached hydrogen (secondary N) is 2. The number of carbonyl (C=O) groups is 4. The highest BCUT2D eigenvalue weighted by atomic mass is 16.5. The lowest BCUT2D eigenvalue weighted by molar-refractivity contribution is -0.141. The van der Waals surface area contributed by atoms with Crippen molar-refractivity contribution in [3.05, 3.63) is 70.8 Å². The maximum absolute atomic E-state index is 12.8. The molecule has 2 aliphatic rings. The fourth-order valence-electron chi connectivity index (χ4n) is 5.38.